The molecule has 0 saturated carbocycles. The zero-order chi connectivity index (χ0) is 21.9. The molecule has 1 heterocycles. The fraction of sp³-hybridized carbons (Fsp3) is 0.696. The van der Waals surface area contributed by atoms with Crippen molar-refractivity contribution in [1.82, 2.24) is 20.4 Å². The van der Waals surface area contributed by atoms with Crippen LogP contribution in [0, 0.1) is 11.7 Å². The van der Waals surface area contributed by atoms with Gasteiger partial charge in [-0.2, -0.15) is 0 Å². The average molecular weight is 550 g/mol. The number of nitrogens with zero attached hydrogens (tertiary/aromatic N) is 3. The lowest BCUT2D eigenvalue weighted by Gasteiger charge is -2.39. The molecule has 2 unspecified atom stereocenters. The SMILES string of the molecule is CCNC(=NCC(C(C)C)N1CCN(C)CC1)NCC(CC)Oc1cccc(F)c1.I. The summed E-state index contributed by atoms with van der Waals surface area (Å²) < 4.78 is 19.4. The Balaban J connectivity index is 0.00000480. The summed E-state index contributed by atoms with van der Waals surface area (Å²) in [5.74, 6) is 1.62. The number of hydrogen-bond acceptors (Lipinski definition) is 4. The van der Waals surface area contributed by atoms with E-state index in [0.29, 0.717) is 24.3 Å². The summed E-state index contributed by atoms with van der Waals surface area (Å²) in [6.07, 6.45) is 0.757. The van der Waals surface area contributed by atoms with Gasteiger partial charge in [0.2, 0.25) is 0 Å². The molecule has 6 nitrogen and oxygen atoms in total. The molecule has 1 aromatic rings. The van der Waals surface area contributed by atoms with Crippen molar-refractivity contribution in [2.24, 2.45) is 10.9 Å². The maximum absolute atomic E-state index is 13.4. The Kier molecular flexibility index (Phi) is 13.4. The van der Waals surface area contributed by atoms with Gasteiger partial charge in [0, 0.05) is 44.8 Å². The van der Waals surface area contributed by atoms with Crippen molar-refractivity contribution in [2.45, 2.75) is 46.3 Å². The first-order valence-electron chi connectivity index (χ1n) is 11.3. The molecule has 1 aliphatic rings. The van der Waals surface area contributed by atoms with Gasteiger partial charge in [-0.15, -0.1) is 24.0 Å². The van der Waals surface area contributed by atoms with E-state index in [9.17, 15) is 4.39 Å². The van der Waals surface area contributed by atoms with Crippen LogP contribution in [0.25, 0.3) is 0 Å². The second kappa shape index (κ2) is 14.8. The van der Waals surface area contributed by atoms with Crippen LogP contribution in [0.3, 0.4) is 0 Å². The fourth-order valence-electron chi connectivity index (χ4n) is 3.64. The van der Waals surface area contributed by atoms with Gasteiger partial charge in [0.25, 0.3) is 0 Å². The fourth-order valence-corrected chi connectivity index (χ4v) is 3.64. The predicted octanol–water partition coefficient (Wildman–Crippen LogP) is 3.43. The summed E-state index contributed by atoms with van der Waals surface area (Å²) in [5.41, 5.74) is 0. The Morgan fingerprint density at radius 3 is 2.45 bits per heavy atom. The molecule has 0 spiro atoms. The quantitative estimate of drug-likeness (QED) is 0.266. The Bertz CT molecular complexity index is 653. The summed E-state index contributed by atoms with van der Waals surface area (Å²) in [7, 11) is 2.18. The molecule has 8 heteroatoms. The average Bonchev–Trinajstić information content (AvgIpc) is 2.72. The van der Waals surface area contributed by atoms with E-state index in [1.54, 1.807) is 12.1 Å². The van der Waals surface area contributed by atoms with Crippen LogP contribution in [0.2, 0.25) is 0 Å². The number of rotatable bonds is 10. The third-order valence-corrected chi connectivity index (χ3v) is 5.61. The highest BCUT2D eigenvalue weighted by molar-refractivity contribution is 14.0. The van der Waals surface area contributed by atoms with Crippen molar-refractivity contribution in [3.05, 3.63) is 30.1 Å². The number of likely N-dealkylation sites (N-methyl/N-ethyl adjacent to an activating group) is 1. The monoisotopic (exact) mass is 549 g/mol. The number of nitrogens with one attached hydrogen (secondary N) is 2. The van der Waals surface area contributed by atoms with Gasteiger partial charge in [0.1, 0.15) is 17.7 Å². The molecule has 2 N–H and O–H groups in total. The number of guanidine groups is 1. The minimum absolute atomic E-state index is 0. The smallest absolute Gasteiger partial charge is 0.191 e. The number of hydrogen-bond donors (Lipinski definition) is 2. The van der Waals surface area contributed by atoms with Crippen LogP contribution in [0.1, 0.15) is 34.1 Å². The molecule has 0 amide bonds. The largest absolute Gasteiger partial charge is 0.489 e. The van der Waals surface area contributed by atoms with E-state index < -0.39 is 0 Å². The van der Waals surface area contributed by atoms with E-state index in [1.807, 2.05) is 0 Å². The zero-order valence-corrected chi connectivity index (χ0v) is 22.1. The molecular weight excluding hydrogens is 508 g/mol. The molecule has 2 atom stereocenters. The Morgan fingerprint density at radius 1 is 1.16 bits per heavy atom. The summed E-state index contributed by atoms with van der Waals surface area (Å²) in [5, 5.41) is 6.74. The number of aliphatic imine (C=N–C) groups is 1. The van der Waals surface area contributed by atoms with E-state index in [4.69, 9.17) is 9.73 Å². The molecule has 31 heavy (non-hydrogen) atoms. The zero-order valence-electron chi connectivity index (χ0n) is 19.7. The highest BCUT2D eigenvalue weighted by Gasteiger charge is 2.24. The summed E-state index contributed by atoms with van der Waals surface area (Å²) in [6.45, 7) is 15.3. The van der Waals surface area contributed by atoms with Crippen molar-refractivity contribution >= 4 is 29.9 Å². The molecule has 0 bridgehead atoms. The van der Waals surface area contributed by atoms with Crippen molar-refractivity contribution in [2.75, 3.05) is 52.9 Å². The lowest BCUT2D eigenvalue weighted by molar-refractivity contribution is 0.0925. The highest BCUT2D eigenvalue weighted by atomic mass is 127. The third kappa shape index (κ3) is 9.91. The first-order chi connectivity index (χ1) is 14.4. The van der Waals surface area contributed by atoms with Crippen LogP contribution in [-0.2, 0) is 0 Å². The normalized spacial score (nSPS) is 17.7. The Hall–Kier alpha value is -1.13. The number of benzene rings is 1. The van der Waals surface area contributed by atoms with Gasteiger partial charge in [0.15, 0.2) is 5.96 Å². The highest BCUT2D eigenvalue weighted by Crippen LogP contribution is 2.15. The van der Waals surface area contributed by atoms with Gasteiger partial charge in [-0.1, -0.05) is 26.8 Å². The van der Waals surface area contributed by atoms with Gasteiger partial charge >= 0.3 is 0 Å². The Labute approximate surface area is 205 Å². The van der Waals surface area contributed by atoms with Gasteiger partial charge in [0.05, 0.1) is 13.1 Å². The summed E-state index contributed by atoms with van der Waals surface area (Å²) in [6, 6.07) is 6.73. The second-order valence-corrected chi connectivity index (χ2v) is 8.36. The molecule has 2 rings (SSSR count). The summed E-state index contributed by atoms with van der Waals surface area (Å²) in [4.78, 5) is 9.83. The van der Waals surface area contributed by atoms with Gasteiger partial charge < -0.3 is 20.3 Å². The van der Waals surface area contributed by atoms with Crippen LogP contribution in [0.5, 0.6) is 5.75 Å². The molecule has 1 saturated heterocycles. The van der Waals surface area contributed by atoms with Gasteiger partial charge in [-0.25, -0.2) is 4.39 Å². The second-order valence-electron chi connectivity index (χ2n) is 8.36. The van der Waals surface area contributed by atoms with E-state index in [-0.39, 0.29) is 35.9 Å². The van der Waals surface area contributed by atoms with E-state index in [0.717, 1.165) is 51.6 Å². The molecule has 0 radical (unpaired) electrons. The maximum Gasteiger partial charge on any atom is 0.191 e. The van der Waals surface area contributed by atoms with Crippen LogP contribution in [-0.4, -0.2) is 80.8 Å². The molecule has 178 valence electrons. The number of piperazine rings is 1. The molecule has 1 aliphatic heterocycles. The van der Waals surface area contributed by atoms with E-state index >= 15 is 0 Å². The number of halogens is 2. The predicted molar refractivity (Wildman–Crippen MR) is 138 cm³/mol. The standard InChI is InChI=1S/C23H40FN5O.HI/c1-6-20(30-21-10-8-9-19(24)15-21)16-26-23(25-7-2)27-17-22(18(3)4)29-13-11-28(5)12-14-29;/h8-10,15,18,20,22H,6-7,11-14,16-17H2,1-5H3,(H2,25,26,27);1H. The molecule has 1 aromatic carbocycles. The molecule has 0 aliphatic carbocycles. The van der Waals surface area contributed by atoms with Crippen molar-refractivity contribution in [3.8, 4) is 5.75 Å². The van der Waals surface area contributed by atoms with Crippen molar-refractivity contribution in [1.29, 1.82) is 0 Å². The molecule has 1 fully saturated rings. The topological polar surface area (TPSA) is 52.1 Å². The van der Waals surface area contributed by atoms with Crippen LogP contribution in [0.4, 0.5) is 4.39 Å². The number of ether oxygens (including phenoxy) is 1. The van der Waals surface area contributed by atoms with Gasteiger partial charge in [-0.05, 0) is 38.4 Å². The van der Waals surface area contributed by atoms with E-state index in [2.05, 4.69) is 55.2 Å². The molecule has 0 aromatic heterocycles. The van der Waals surface area contributed by atoms with E-state index in [1.165, 1.54) is 12.1 Å². The van der Waals surface area contributed by atoms with Crippen LogP contribution in [0.15, 0.2) is 29.3 Å². The van der Waals surface area contributed by atoms with Crippen molar-refractivity contribution < 1.29 is 9.13 Å². The minimum atomic E-state index is -0.283. The third-order valence-electron chi connectivity index (χ3n) is 5.61. The molecular formula is C23H41FIN5O. The summed E-state index contributed by atoms with van der Waals surface area (Å²) >= 11 is 0. The minimum Gasteiger partial charge on any atom is -0.489 e. The first kappa shape index (κ1) is 27.9. The lowest BCUT2D eigenvalue weighted by atomic mass is 10.0. The van der Waals surface area contributed by atoms with Gasteiger partial charge in [-0.3, -0.25) is 9.89 Å². The van der Waals surface area contributed by atoms with Crippen LogP contribution >= 0.6 is 24.0 Å². The maximum atomic E-state index is 13.4. The lowest BCUT2D eigenvalue weighted by Crippen LogP contribution is -2.52. The van der Waals surface area contributed by atoms with Crippen molar-refractivity contribution in [3.63, 3.8) is 0 Å². The van der Waals surface area contributed by atoms with Crippen LogP contribution < -0.4 is 15.4 Å². The Morgan fingerprint density at radius 2 is 1.87 bits per heavy atom. The first-order valence-corrected chi connectivity index (χ1v) is 11.3.